The van der Waals surface area contributed by atoms with E-state index in [2.05, 4.69) is 41.7 Å². The van der Waals surface area contributed by atoms with E-state index in [0.29, 0.717) is 29.7 Å². The van der Waals surface area contributed by atoms with Crippen LogP contribution >= 0.6 is 0 Å². The van der Waals surface area contributed by atoms with E-state index in [-0.39, 0.29) is 89.5 Å². The van der Waals surface area contributed by atoms with Crippen LogP contribution in [0.5, 0.6) is 0 Å². The zero-order valence-electron chi connectivity index (χ0n) is 27.0. The third-order valence-corrected chi connectivity index (χ3v) is 6.30. The van der Waals surface area contributed by atoms with Gasteiger partial charge in [-0.2, -0.15) is 0 Å². The van der Waals surface area contributed by atoms with Crippen molar-refractivity contribution in [2.75, 3.05) is 26.2 Å². The smallest absolute Gasteiger partial charge is 0.291 e. The number of hydrogen-bond acceptors (Lipinski definition) is 8. The molecule has 24 heteroatoms. The van der Waals surface area contributed by atoms with Crippen LogP contribution in [0.3, 0.4) is 0 Å². The quantitative estimate of drug-likeness (QED) is 0.0529. The number of nitrogens with two attached hydrogens (primary N) is 4. The molecule has 22 nitrogen and oxygen atoms in total. The van der Waals surface area contributed by atoms with Crippen molar-refractivity contribution in [2.24, 2.45) is 43.3 Å². The van der Waals surface area contributed by atoms with Crippen LogP contribution in [-0.4, -0.2) is 88.2 Å². The van der Waals surface area contributed by atoms with E-state index in [0.717, 1.165) is 77.4 Å². The third-order valence-electron chi connectivity index (χ3n) is 6.30. The fraction of sp³-hybridized carbons (Fsp3) is 0.667. The summed E-state index contributed by atoms with van der Waals surface area (Å²) < 4.78 is 0. The van der Waals surface area contributed by atoms with Crippen molar-refractivity contribution < 1.29 is 86.1 Å². The molecule has 0 aromatic rings. The summed E-state index contributed by atoms with van der Waals surface area (Å²) in [5.74, 6) is 1.68. The Morgan fingerprint density at radius 1 is 0.688 bits per heavy atom. The van der Waals surface area contributed by atoms with E-state index in [1.54, 1.807) is 6.08 Å². The first kappa shape index (κ1) is 52.0. The zero-order chi connectivity index (χ0) is 32.7. The summed E-state index contributed by atoms with van der Waals surface area (Å²) in [6.45, 7) is 3.22. The predicted octanol–water partition coefficient (Wildman–Crippen LogP) is 0.293. The average Bonchev–Trinajstić information content (AvgIpc) is 3.03. The first-order valence-electron chi connectivity index (χ1n) is 14.0. The molecule has 0 aromatic carbocycles. The molecule has 3 atom stereocenters. The molecule has 0 spiro atoms. The monoisotopic (exact) mass is 888 g/mol. The molecule has 0 amide bonds. The predicted molar refractivity (Wildman–Crippen MR) is 177 cm³/mol. The van der Waals surface area contributed by atoms with Crippen molar-refractivity contribution in [3.63, 3.8) is 0 Å². The van der Waals surface area contributed by atoms with E-state index < -0.39 is 10.2 Å². The number of nitrogens with zero attached hydrogens (tertiary/aromatic N) is 10. The molecule has 4 rings (SSSR count). The van der Waals surface area contributed by atoms with Crippen molar-refractivity contribution in [3.05, 3.63) is 65.4 Å². The van der Waals surface area contributed by atoms with Gasteiger partial charge in [-0.05, 0) is 0 Å². The Labute approximate surface area is 318 Å². The van der Waals surface area contributed by atoms with Gasteiger partial charge in [0.25, 0.3) is 10.2 Å². The maximum absolute atomic E-state index is 8.36. The molecule has 16 N–H and O–H groups in total. The van der Waals surface area contributed by atoms with Gasteiger partial charge in [-0.3, -0.25) is 0 Å². The summed E-state index contributed by atoms with van der Waals surface area (Å²) in [4.78, 5) is 16.7. The minimum absolute atomic E-state index is 0. The van der Waals surface area contributed by atoms with Gasteiger partial charge in [0, 0.05) is 54.6 Å². The maximum atomic E-state index is 8.36. The summed E-state index contributed by atoms with van der Waals surface area (Å²) in [6, 6.07) is 0.0460. The first-order chi connectivity index (χ1) is 21.0. The molecule has 4 aliphatic heterocycles. The van der Waals surface area contributed by atoms with Crippen molar-refractivity contribution in [1.82, 2.24) is 0 Å². The molecule has 268 valence electrons. The Morgan fingerprint density at radius 2 is 1.02 bits per heavy atom. The number of piperidine rings is 3. The second-order valence-corrected chi connectivity index (χ2v) is 9.61. The number of amidine groups is 4. The molecule has 0 radical (unpaired) electrons. The minimum atomic E-state index is -1.50. The van der Waals surface area contributed by atoms with E-state index >= 15 is 0 Å². The molecule has 0 saturated carbocycles. The molecule has 4 aliphatic rings. The van der Waals surface area contributed by atoms with Crippen LogP contribution in [0.1, 0.15) is 57.8 Å². The SMILES string of the molecule is NC(=NN=C(N)C1CCCC[N-]1)C1=CC=CC[N-]1.NC(=NN=C(N)C1CCCC[N-]1)C1CCCC[N-]1.O=[N+]([O-])O.O=[N+]([O-])O.[Cd].[Cd].[OH3+].[OH3+]. The Kier molecular flexibility index (Phi) is 34.1. The van der Waals surface area contributed by atoms with Crippen LogP contribution in [-0.2, 0) is 65.5 Å². The van der Waals surface area contributed by atoms with Gasteiger partial charge < -0.3 is 65.6 Å². The summed E-state index contributed by atoms with van der Waals surface area (Å²) in [6.07, 6.45) is 15.4. The van der Waals surface area contributed by atoms with E-state index in [1.165, 1.54) is 0 Å². The van der Waals surface area contributed by atoms with E-state index in [9.17, 15) is 0 Å². The largest absolute Gasteiger partial charge is 0.678 e. The summed E-state index contributed by atoms with van der Waals surface area (Å²) in [5, 5.41) is 60.7. The molecule has 0 aliphatic carbocycles. The Morgan fingerprint density at radius 3 is 1.29 bits per heavy atom. The van der Waals surface area contributed by atoms with Gasteiger partial charge in [-0.1, -0.05) is 93.8 Å². The number of hydrogen-bond donors (Lipinski definition) is 6. The van der Waals surface area contributed by atoms with Gasteiger partial charge in [-0.25, -0.2) is 0 Å². The molecule has 0 bridgehead atoms. The molecule has 48 heavy (non-hydrogen) atoms. The van der Waals surface area contributed by atoms with E-state index in [1.807, 2.05) is 12.2 Å². The second kappa shape index (κ2) is 31.5. The van der Waals surface area contributed by atoms with Gasteiger partial charge in [-0.15, -0.1) is 72.9 Å². The second-order valence-electron chi connectivity index (χ2n) is 9.61. The van der Waals surface area contributed by atoms with Crippen LogP contribution in [0.25, 0.3) is 21.3 Å². The normalized spacial score (nSPS) is 22.3. The third kappa shape index (κ3) is 25.3. The number of rotatable bonds is 6. The fourth-order valence-corrected chi connectivity index (χ4v) is 4.16. The van der Waals surface area contributed by atoms with Gasteiger partial charge in [0.2, 0.25) is 0 Å². The van der Waals surface area contributed by atoms with Crippen molar-refractivity contribution in [2.45, 2.75) is 75.9 Å². The molecule has 3 unspecified atom stereocenters. The topological polar surface area (TPSA) is 403 Å². The summed E-state index contributed by atoms with van der Waals surface area (Å²) >= 11 is 0. The summed E-state index contributed by atoms with van der Waals surface area (Å²) in [7, 11) is 0. The van der Waals surface area contributed by atoms with Crippen molar-refractivity contribution in [3.8, 4) is 0 Å². The Bertz CT molecular complexity index is 1020. The van der Waals surface area contributed by atoms with Crippen LogP contribution < -0.4 is 22.9 Å². The minimum Gasteiger partial charge on any atom is -0.678 e. The van der Waals surface area contributed by atoms with Crippen LogP contribution in [0, 0.1) is 20.2 Å². The molecular weight excluding hydrogens is 837 g/mol. The van der Waals surface area contributed by atoms with Crippen LogP contribution in [0.4, 0.5) is 0 Å². The molecule has 3 fully saturated rings. The van der Waals surface area contributed by atoms with Crippen LogP contribution in [0.2, 0.25) is 0 Å². The molecular formula is C24H48Cd2N14O8-2. The molecule has 0 aromatic heterocycles. The van der Waals surface area contributed by atoms with Gasteiger partial charge in [0.15, 0.2) is 0 Å². The first-order valence-corrected chi connectivity index (χ1v) is 14.0. The summed E-state index contributed by atoms with van der Waals surface area (Å²) in [5.41, 5.74) is 24.1. The van der Waals surface area contributed by atoms with Gasteiger partial charge in [0.05, 0.1) is 0 Å². The Balaban J connectivity index is -0.000000309. The standard InChI is InChI=1S/C12H22N6.C12H18N6.2Cd.2HNO3.2H2O/c2*13-11(9-5-1-3-7-15-9)17-18-12(14)10-6-2-4-8-16-10;;;2*2-1(3)4;;/h9-10H,1-8H2,(H2,13,17)(H2,14,18);1,3,5,10H,2,4,6-8H2,(H2,13,17)(H2,14,18);;;2*(H,2,3,4);2*1H2/q2*-2;;;;;;/p+2. The zero-order valence-corrected chi connectivity index (χ0v) is 35.1. The number of allylic oxidation sites excluding steroid dienone is 2. The maximum Gasteiger partial charge on any atom is 0.291 e. The van der Waals surface area contributed by atoms with Crippen molar-refractivity contribution in [1.29, 1.82) is 0 Å². The van der Waals surface area contributed by atoms with Crippen LogP contribution in [0.15, 0.2) is 44.3 Å². The fourth-order valence-electron chi connectivity index (χ4n) is 4.16. The Hall–Kier alpha value is -2.80. The molecule has 4 heterocycles. The molecule has 3 saturated heterocycles. The van der Waals surface area contributed by atoms with Gasteiger partial charge in [0.1, 0.15) is 23.3 Å². The van der Waals surface area contributed by atoms with Crippen molar-refractivity contribution >= 4 is 23.3 Å². The average molecular weight is 886 g/mol. The van der Waals surface area contributed by atoms with E-state index in [4.69, 9.17) is 53.6 Å². The van der Waals surface area contributed by atoms with Gasteiger partial charge >= 0.3 is 0 Å².